The van der Waals surface area contributed by atoms with Gasteiger partial charge in [0.15, 0.2) is 0 Å². The summed E-state index contributed by atoms with van der Waals surface area (Å²) in [4.78, 5) is 10.1. The minimum absolute atomic E-state index is 0.0241. The molecule has 4 heteroatoms. The third-order valence-electron chi connectivity index (χ3n) is 1.12. The van der Waals surface area contributed by atoms with Gasteiger partial charge < -0.3 is 15.6 Å². The van der Waals surface area contributed by atoms with Crippen molar-refractivity contribution in [3.05, 3.63) is 0 Å². The fourth-order valence-corrected chi connectivity index (χ4v) is 0.662. The maximum Gasteiger partial charge on any atom is 0.305 e. The predicted molar refractivity (Wildman–Crippen MR) is 41.3 cm³/mol. The van der Waals surface area contributed by atoms with E-state index < -0.39 is 5.97 Å². The van der Waals surface area contributed by atoms with E-state index >= 15 is 0 Å². The van der Waals surface area contributed by atoms with Crippen molar-refractivity contribution < 1.29 is 14.6 Å². The molecule has 0 aromatic rings. The lowest BCUT2D eigenvalue weighted by molar-refractivity contribution is -0.137. The van der Waals surface area contributed by atoms with Crippen LogP contribution in [0.1, 0.15) is 19.8 Å². The van der Waals surface area contributed by atoms with E-state index in [1.807, 2.05) is 6.92 Å². The zero-order valence-electron chi connectivity index (χ0n) is 6.75. The van der Waals surface area contributed by atoms with Gasteiger partial charge in [0.25, 0.3) is 0 Å². The molecule has 0 aliphatic carbocycles. The second kappa shape index (κ2) is 6.12. The zero-order chi connectivity index (χ0) is 8.69. The van der Waals surface area contributed by atoms with Crippen LogP contribution in [0.15, 0.2) is 0 Å². The molecule has 0 rings (SSSR count). The van der Waals surface area contributed by atoms with E-state index in [1.165, 1.54) is 0 Å². The lowest BCUT2D eigenvalue weighted by Gasteiger charge is -2.08. The number of nitrogens with two attached hydrogens (primary N) is 1. The van der Waals surface area contributed by atoms with Gasteiger partial charge in [-0.3, -0.25) is 4.79 Å². The van der Waals surface area contributed by atoms with E-state index in [2.05, 4.69) is 0 Å². The summed E-state index contributed by atoms with van der Waals surface area (Å²) in [5, 5.41) is 8.30. The maximum absolute atomic E-state index is 10.1. The monoisotopic (exact) mass is 161 g/mol. The molecule has 0 aliphatic rings. The normalized spacial score (nSPS) is 12.9. The number of hydrogen-bond donors (Lipinski definition) is 2. The van der Waals surface area contributed by atoms with Crippen molar-refractivity contribution in [1.82, 2.24) is 0 Å². The van der Waals surface area contributed by atoms with Crippen LogP contribution in [0.4, 0.5) is 0 Å². The molecule has 66 valence electrons. The Kier molecular flexibility index (Phi) is 5.78. The van der Waals surface area contributed by atoms with E-state index in [9.17, 15) is 4.79 Å². The Morgan fingerprint density at radius 1 is 1.73 bits per heavy atom. The number of aliphatic carboxylic acids is 1. The molecular formula is C7H15NO3. The highest BCUT2D eigenvalue weighted by Crippen LogP contribution is 1.90. The van der Waals surface area contributed by atoms with Crippen molar-refractivity contribution >= 4 is 5.97 Å². The second-order valence-corrected chi connectivity index (χ2v) is 2.43. The predicted octanol–water partition coefficient (Wildman–Crippen LogP) is 0.215. The molecule has 4 nitrogen and oxygen atoms in total. The summed E-state index contributed by atoms with van der Waals surface area (Å²) in [6, 6.07) is -0.376. The third-order valence-corrected chi connectivity index (χ3v) is 1.12. The third kappa shape index (κ3) is 7.29. The second-order valence-electron chi connectivity index (χ2n) is 2.43. The lowest BCUT2D eigenvalue weighted by atomic mass is 10.2. The lowest BCUT2D eigenvalue weighted by Crippen LogP contribution is -2.29. The number of rotatable bonds is 6. The number of ether oxygens (including phenoxy) is 1. The Labute approximate surface area is 66.3 Å². The quantitative estimate of drug-likeness (QED) is 0.546. The largest absolute Gasteiger partial charge is 0.481 e. The summed E-state index contributed by atoms with van der Waals surface area (Å²) in [5.41, 5.74) is 5.41. The highest BCUT2D eigenvalue weighted by molar-refractivity contribution is 5.67. The molecule has 0 aliphatic heterocycles. The van der Waals surface area contributed by atoms with Crippen LogP contribution < -0.4 is 5.73 Å². The summed E-state index contributed by atoms with van der Waals surface area (Å²) >= 11 is 0. The van der Waals surface area contributed by atoms with E-state index in [1.54, 1.807) is 0 Å². The number of carboxylic acid groups (broad SMARTS) is 1. The Hall–Kier alpha value is -0.610. The Morgan fingerprint density at radius 2 is 2.36 bits per heavy atom. The van der Waals surface area contributed by atoms with Crippen molar-refractivity contribution in [3.63, 3.8) is 0 Å². The number of hydrogen-bond acceptors (Lipinski definition) is 3. The van der Waals surface area contributed by atoms with E-state index in [4.69, 9.17) is 15.6 Å². The van der Waals surface area contributed by atoms with Gasteiger partial charge in [0.2, 0.25) is 0 Å². The summed E-state index contributed by atoms with van der Waals surface area (Å²) < 4.78 is 5.06. The fraction of sp³-hybridized carbons (Fsp3) is 0.857. The highest BCUT2D eigenvalue weighted by atomic mass is 16.5. The van der Waals surface area contributed by atoms with Crippen molar-refractivity contribution in [2.24, 2.45) is 5.73 Å². The molecule has 0 unspecified atom stereocenters. The van der Waals surface area contributed by atoms with Crippen LogP contribution in [0.2, 0.25) is 0 Å². The first-order valence-electron chi connectivity index (χ1n) is 3.72. The van der Waals surface area contributed by atoms with Crippen molar-refractivity contribution in [2.75, 3.05) is 13.2 Å². The Bertz CT molecular complexity index is 116. The standard InChI is InChI=1S/C7H15NO3/c1-2-3-11-5-6(8)4-7(9)10/h6H,2-5,8H2,1H3,(H,9,10)/t6-/m0/s1. The number of carbonyl (C=O) groups is 1. The average molecular weight is 161 g/mol. The van der Waals surface area contributed by atoms with Gasteiger partial charge in [-0.2, -0.15) is 0 Å². The smallest absolute Gasteiger partial charge is 0.305 e. The van der Waals surface area contributed by atoms with Crippen LogP contribution in [0.25, 0.3) is 0 Å². The van der Waals surface area contributed by atoms with Crippen LogP contribution in [0.5, 0.6) is 0 Å². The topological polar surface area (TPSA) is 72.5 Å². The van der Waals surface area contributed by atoms with Crippen LogP contribution in [0, 0.1) is 0 Å². The van der Waals surface area contributed by atoms with Crippen molar-refractivity contribution in [1.29, 1.82) is 0 Å². The molecule has 11 heavy (non-hydrogen) atoms. The van der Waals surface area contributed by atoms with Gasteiger partial charge in [-0.1, -0.05) is 6.92 Å². The minimum atomic E-state index is -0.877. The van der Waals surface area contributed by atoms with E-state index in [0.717, 1.165) is 6.42 Å². The van der Waals surface area contributed by atoms with E-state index in [0.29, 0.717) is 13.2 Å². The molecule has 0 amide bonds. The number of carboxylic acids is 1. The summed E-state index contributed by atoms with van der Waals surface area (Å²) in [6.07, 6.45) is 0.906. The van der Waals surface area contributed by atoms with Crippen LogP contribution in [0.3, 0.4) is 0 Å². The molecule has 0 spiro atoms. The fourth-order valence-electron chi connectivity index (χ4n) is 0.662. The molecule has 0 aromatic carbocycles. The van der Waals surface area contributed by atoms with Crippen molar-refractivity contribution in [2.45, 2.75) is 25.8 Å². The van der Waals surface area contributed by atoms with Gasteiger partial charge in [-0.25, -0.2) is 0 Å². The zero-order valence-corrected chi connectivity index (χ0v) is 6.75. The molecular weight excluding hydrogens is 146 g/mol. The van der Waals surface area contributed by atoms with Gasteiger partial charge in [-0.05, 0) is 6.42 Å². The Balaban J connectivity index is 3.22. The average Bonchev–Trinajstić information content (AvgIpc) is 1.86. The van der Waals surface area contributed by atoms with Crippen molar-refractivity contribution in [3.8, 4) is 0 Å². The molecule has 0 aromatic heterocycles. The molecule has 1 atom stereocenters. The Morgan fingerprint density at radius 3 is 2.82 bits per heavy atom. The first-order chi connectivity index (χ1) is 5.16. The summed E-state index contributed by atoms with van der Waals surface area (Å²) in [6.45, 7) is 2.97. The molecule has 0 saturated carbocycles. The summed E-state index contributed by atoms with van der Waals surface area (Å²) in [7, 11) is 0. The van der Waals surface area contributed by atoms with Gasteiger partial charge in [0.05, 0.1) is 13.0 Å². The molecule has 0 heterocycles. The van der Waals surface area contributed by atoms with Crippen LogP contribution in [-0.4, -0.2) is 30.3 Å². The first kappa shape index (κ1) is 10.4. The summed E-state index contributed by atoms with van der Waals surface area (Å²) in [5.74, 6) is -0.877. The maximum atomic E-state index is 10.1. The molecule has 0 fully saturated rings. The van der Waals surface area contributed by atoms with Gasteiger partial charge in [0, 0.05) is 12.6 Å². The SMILES string of the molecule is CCCOC[C@@H](N)CC(=O)O. The van der Waals surface area contributed by atoms with Crippen LogP contribution >= 0.6 is 0 Å². The van der Waals surface area contributed by atoms with E-state index in [-0.39, 0.29) is 12.5 Å². The van der Waals surface area contributed by atoms with Crippen LogP contribution in [-0.2, 0) is 9.53 Å². The minimum Gasteiger partial charge on any atom is -0.481 e. The van der Waals surface area contributed by atoms with Gasteiger partial charge >= 0.3 is 5.97 Å². The first-order valence-corrected chi connectivity index (χ1v) is 3.72. The molecule has 0 saturated heterocycles. The highest BCUT2D eigenvalue weighted by Gasteiger charge is 2.06. The van der Waals surface area contributed by atoms with Gasteiger partial charge in [-0.15, -0.1) is 0 Å². The molecule has 0 bridgehead atoms. The molecule has 3 N–H and O–H groups in total. The molecule has 0 radical (unpaired) electrons. The van der Waals surface area contributed by atoms with Gasteiger partial charge in [0.1, 0.15) is 0 Å².